The number of rotatable bonds is 6. The fraction of sp³-hybridized carbons (Fsp3) is 0.192. The van der Waals surface area contributed by atoms with Crippen molar-refractivity contribution in [3.8, 4) is 0 Å². The summed E-state index contributed by atoms with van der Waals surface area (Å²) in [5.74, 6) is -0.211. The number of carbonyl (C=O) groups is 1. The number of nitrogens with zero attached hydrogens (tertiary/aromatic N) is 3. The second kappa shape index (κ2) is 8.96. The summed E-state index contributed by atoms with van der Waals surface area (Å²) in [6.07, 6.45) is 0.980. The third kappa shape index (κ3) is 4.40. The summed E-state index contributed by atoms with van der Waals surface area (Å²) < 4.78 is 1.38. The summed E-state index contributed by atoms with van der Waals surface area (Å²) >= 11 is 0. The zero-order valence-corrected chi connectivity index (χ0v) is 17.8. The third-order valence-electron chi connectivity index (χ3n) is 5.44. The van der Waals surface area contributed by atoms with Crippen molar-refractivity contribution < 1.29 is 4.79 Å². The minimum atomic E-state index is -0.211. The highest BCUT2D eigenvalue weighted by molar-refractivity contribution is 6.04. The van der Waals surface area contributed by atoms with Crippen molar-refractivity contribution in [2.75, 3.05) is 7.05 Å². The lowest BCUT2D eigenvalue weighted by molar-refractivity contribution is 0.0779. The van der Waals surface area contributed by atoms with Gasteiger partial charge in [0.15, 0.2) is 5.69 Å². The van der Waals surface area contributed by atoms with Crippen molar-refractivity contribution in [3.63, 3.8) is 0 Å². The first-order valence-electron chi connectivity index (χ1n) is 10.4. The van der Waals surface area contributed by atoms with Crippen LogP contribution in [0.25, 0.3) is 10.8 Å². The molecule has 31 heavy (non-hydrogen) atoms. The molecule has 0 fully saturated rings. The highest BCUT2D eigenvalue weighted by Crippen LogP contribution is 2.17. The Morgan fingerprint density at radius 2 is 1.45 bits per heavy atom. The van der Waals surface area contributed by atoms with E-state index in [1.54, 1.807) is 24.1 Å². The summed E-state index contributed by atoms with van der Waals surface area (Å²) in [6, 6.07) is 25.1. The van der Waals surface area contributed by atoms with Gasteiger partial charge in [0.25, 0.3) is 11.5 Å². The van der Waals surface area contributed by atoms with Crippen LogP contribution in [0.15, 0.2) is 83.7 Å². The molecule has 0 spiro atoms. The highest BCUT2D eigenvalue weighted by atomic mass is 16.2. The van der Waals surface area contributed by atoms with Crippen LogP contribution in [0.3, 0.4) is 0 Å². The van der Waals surface area contributed by atoms with Gasteiger partial charge in [-0.05, 0) is 29.2 Å². The van der Waals surface area contributed by atoms with E-state index in [0.29, 0.717) is 29.6 Å². The summed E-state index contributed by atoms with van der Waals surface area (Å²) in [6.45, 7) is 2.90. The van der Waals surface area contributed by atoms with Gasteiger partial charge in [-0.1, -0.05) is 79.7 Å². The van der Waals surface area contributed by atoms with Gasteiger partial charge in [0.1, 0.15) is 0 Å². The largest absolute Gasteiger partial charge is 0.336 e. The molecule has 4 aromatic rings. The molecule has 156 valence electrons. The SMILES string of the molecule is CCc1ccc(CN(C)C(=O)c2nn(Cc3ccccc3)c(=O)c3ccccc23)cc1. The van der Waals surface area contributed by atoms with E-state index >= 15 is 0 Å². The Morgan fingerprint density at radius 3 is 2.13 bits per heavy atom. The maximum atomic E-state index is 13.4. The van der Waals surface area contributed by atoms with Crippen LogP contribution in [0.4, 0.5) is 0 Å². The second-order valence-corrected chi connectivity index (χ2v) is 7.67. The molecule has 0 N–H and O–H groups in total. The molecule has 0 saturated carbocycles. The van der Waals surface area contributed by atoms with Crippen molar-refractivity contribution in [1.82, 2.24) is 14.7 Å². The van der Waals surface area contributed by atoms with Crippen LogP contribution in [-0.2, 0) is 19.5 Å². The van der Waals surface area contributed by atoms with Gasteiger partial charge in [-0.25, -0.2) is 4.68 Å². The van der Waals surface area contributed by atoms with Crippen molar-refractivity contribution in [2.24, 2.45) is 0 Å². The van der Waals surface area contributed by atoms with Crippen LogP contribution in [-0.4, -0.2) is 27.6 Å². The molecule has 0 aliphatic carbocycles. The molecule has 5 heteroatoms. The molecular formula is C26H25N3O2. The topological polar surface area (TPSA) is 55.2 Å². The van der Waals surface area contributed by atoms with E-state index in [9.17, 15) is 9.59 Å². The normalized spacial score (nSPS) is 10.9. The summed E-state index contributed by atoms with van der Waals surface area (Å²) in [5.41, 5.74) is 3.36. The van der Waals surface area contributed by atoms with E-state index in [4.69, 9.17) is 0 Å². The summed E-state index contributed by atoms with van der Waals surface area (Å²) in [7, 11) is 1.76. The molecule has 1 amide bonds. The molecule has 0 saturated heterocycles. The average molecular weight is 412 g/mol. The molecule has 0 radical (unpaired) electrons. The molecule has 0 unspecified atom stereocenters. The summed E-state index contributed by atoms with van der Waals surface area (Å²) in [5, 5.41) is 5.58. The van der Waals surface area contributed by atoms with Crippen LogP contribution >= 0.6 is 0 Å². The van der Waals surface area contributed by atoms with Gasteiger partial charge >= 0.3 is 0 Å². The lowest BCUT2D eigenvalue weighted by atomic mass is 10.1. The number of amides is 1. The van der Waals surface area contributed by atoms with Crippen LogP contribution in [0, 0.1) is 0 Å². The Kier molecular flexibility index (Phi) is 5.94. The van der Waals surface area contributed by atoms with Crippen molar-refractivity contribution in [1.29, 1.82) is 0 Å². The van der Waals surface area contributed by atoms with Gasteiger partial charge in [0, 0.05) is 19.0 Å². The van der Waals surface area contributed by atoms with E-state index in [1.807, 2.05) is 54.6 Å². The molecule has 5 nitrogen and oxygen atoms in total. The predicted octanol–water partition coefficient (Wildman–Crippen LogP) is 4.28. The third-order valence-corrected chi connectivity index (χ3v) is 5.44. The quantitative estimate of drug-likeness (QED) is 0.476. The van der Waals surface area contributed by atoms with E-state index in [1.165, 1.54) is 10.2 Å². The minimum Gasteiger partial charge on any atom is -0.336 e. The van der Waals surface area contributed by atoms with E-state index in [2.05, 4.69) is 24.2 Å². The first kappa shape index (κ1) is 20.5. The monoisotopic (exact) mass is 411 g/mol. The van der Waals surface area contributed by atoms with Crippen LogP contribution in [0.1, 0.15) is 34.1 Å². The number of aromatic nitrogens is 2. The van der Waals surface area contributed by atoms with Crippen LogP contribution in [0.5, 0.6) is 0 Å². The fourth-order valence-electron chi connectivity index (χ4n) is 3.66. The van der Waals surface area contributed by atoms with Gasteiger partial charge in [-0.3, -0.25) is 9.59 Å². The zero-order valence-electron chi connectivity index (χ0n) is 17.8. The molecule has 0 atom stereocenters. The van der Waals surface area contributed by atoms with Gasteiger partial charge < -0.3 is 4.90 Å². The number of carbonyl (C=O) groups excluding carboxylic acids is 1. The van der Waals surface area contributed by atoms with Gasteiger partial charge in [-0.15, -0.1) is 0 Å². The summed E-state index contributed by atoms with van der Waals surface area (Å²) in [4.78, 5) is 28.0. The Labute approximate surface area is 181 Å². The maximum Gasteiger partial charge on any atom is 0.274 e. The van der Waals surface area contributed by atoms with Crippen molar-refractivity contribution >= 4 is 16.7 Å². The van der Waals surface area contributed by atoms with E-state index < -0.39 is 0 Å². The number of aryl methyl sites for hydroxylation is 1. The van der Waals surface area contributed by atoms with E-state index in [0.717, 1.165) is 17.5 Å². The first-order valence-corrected chi connectivity index (χ1v) is 10.4. The van der Waals surface area contributed by atoms with Gasteiger partial charge in [0.05, 0.1) is 11.9 Å². The number of benzene rings is 3. The molecule has 3 aromatic carbocycles. The Morgan fingerprint density at radius 1 is 0.839 bits per heavy atom. The lowest BCUT2D eigenvalue weighted by Crippen LogP contribution is -2.32. The van der Waals surface area contributed by atoms with Crippen molar-refractivity contribution in [3.05, 3.63) is 112 Å². The number of fused-ring (bicyclic) bond motifs is 1. The average Bonchev–Trinajstić information content (AvgIpc) is 2.81. The minimum absolute atomic E-state index is 0.200. The lowest BCUT2D eigenvalue weighted by Gasteiger charge is -2.19. The molecule has 0 aliphatic rings. The smallest absolute Gasteiger partial charge is 0.274 e. The van der Waals surface area contributed by atoms with Gasteiger partial charge in [0.2, 0.25) is 0 Å². The van der Waals surface area contributed by atoms with Crippen LogP contribution in [0.2, 0.25) is 0 Å². The number of hydrogen-bond donors (Lipinski definition) is 0. The van der Waals surface area contributed by atoms with E-state index in [-0.39, 0.29) is 11.5 Å². The number of hydrogen-bond acceptors (Lipinski definition) is 3. The molecule has 1 aromatic heterocycles. The molecular weight excluding hydrogens is 386 g/mol. The Hall–Kier alpha value is -3.73. The van der Waals surface area contributed by atoms with Gasteiger partial charge in [-0.2, -0.15) is 5.10 Å². The molecule has 4 rings (SSSR count). The Bertz CT molecular complexity index is 1260. The van der Waals surface area contributed by atoms with Crippen molar-refractivity contribution in [2.45, 2.75) is 26.4 Å². The molecule has 0 bridgehead atoms. The second-order valence-electron chi connectivity index (χ2n) is 7.67. The maximum absolute atomic E-state index is 13.4. The van der Waals surface area contributed by atoms with Crippen LogP contribution < -0.4 is 5.56 Å². The fourth-order valence-corrected chi connectivity index (χ4v) is 3.66. The molecule has 0 aliphatic heterocycles. The zero-order chi connectivity index (χ0) is 21.8. The predicted molar refractivity (Wildman–Crippen MR) is 123 cm³/mol. The highest BCUT2D eigenvalue weighted by Gasteiger charge is 2.20. The standard InChI is InChI=1S/C26H25N3O2/c1-3-19-13-15-21(16-14-19)17-28(2)26(31)24-22-11-7-8-12-23(22)25(30)29(27-24)18-20-9-5-4-6-10-20/h4-16H,3,17-18H2,1-2H3. The Balaban J connectivity index is 1.70. The molecule has 1 heterocycles. The first-order chi connectivity index (χ1) is 15.1.